The molecule has 0 spiro atoms. The number of rotatable bonds is 6. The number of halogens is 3. The molecule has 7 nitrogen and oxygen atoms in total. The molecule has 0 radical (unpaired) electrons. The lowest BCUT2D eigenvalue weighted by Gasteiger charge is -2.31. The number of aryl methyl sites for hydroxylation is 1. The van der Waals surface area contributed by atoms with E-state index in [2.05, 4.69) is 15.0 Å². The number of sulfonamides is 1. The predicted molar refractivity (Wildman–Crippen MR) is 113 cm³/mol. The molecule has 1 aromatic heterocycles. The zero-order valence-electron chi connectivity index (χ0n) is 17.8. The smallest absolute Gasteiger partial charge is 0.406 e. The summed E-state index contributed by atoms with van der Waals surface area (Å²) in [5.74, 6) is 0.105. The summed E-state index contributed by atoms with van der Waals surface area (Å²) < 4.78 is 71.2. The van der Waals surface area contributed by atoms with Crippen LogP contribution in [0, 0.1) is 11.8 Å². The van der Waals surface area contributed by atoms with Crippen LogP contribution in [0.4, 0.5) is 18.9 Å². The summed E-state index contributed by atoms with van der Waals surface area (Å²) >= 11 is 0. The predicted octanol–water partition coefficient (Wildman–Crippen LogP) is 4.00. The molecule has 1 saturated carbocycles. The second-order valence-corrected chi connectivity index (χ2v) is 10.5. The van der Waals surface area contributed by atoms with Crippen LogP contribution < -0.4 is 10.1 Å². The Morgan fingerprint density at radius 3 is 2.56 bits per heavy atom. The van der Waals surface area contributed by atoms with E-state index in [1.165, 1.54) is 41.4 Å². The highest BCUT2D eigenvalue weighted by Gasteiger charge is 2.43. The van der Waals surface area contributed by atoms with Gasteiger partial charge in [0.25, 0.3) is 10.0 Å². The van der Waals surface area contributed by atoms with Crippen LogP contribution in [0.2, 0.25) is 0 Å². The molecule has 11 heteroatoms. The number of alkyl halides is 3. The van der Waals surface area contributed by atoms with Crippen LogP contribution in [0.3, 0.4) is 0 Å². The second-order valence-electron chi connectivity index (χ2n) is 8.59. The summed E-state index contributed by atoms with van der Waals surface area (Å²) in [5.41, 5.74) is 0.467. The maximum absolute atomic E-state index is 13.2. The van der Waals surface area contributed by atoms with Crippen LogP contribution in [0.15, 0.2) is 41.8 Å². The Kier molecular flexibility index (Phi) is 6.39. The minimum Gasteiger partial charge on any atom is -0.406 e. The van der Waals surface area contributed by atoms with E-state index >= 15 is 0 Å². The Bertz CT molecular complexity index is 1030. The number of hydrogen-bond acceptors (Lipinski definition) is 5. The van der Waals surface area contributed by atoms with Gasteiger partial charge in [0.2, 0.25) is 0 Å². The van der Waals surface area contributed by atoms with Gasteiger partial charge in [-0.05, 0) is 24.0 Å². The fraction of sp³-hybridized carbons (Fsp3) is 0.571. The fourth-order valence-corrected chi connectivity index (χ4v) is 6.30. The van der Waals surface area contributed by atoms with Crippen LogP contribution in [0.5, 0.6) is 5.75 Å². The van der Waals surface area contributed by atoms with Gasteiger partial charge in [0.1, 0.15) is 5.75 Å². The Balaban J connectivity index is 1.56. The van der Waals surface area contributed by atoms with E-state index in [1.807, 2.05) is 0 Å². The Morgan fingerprint density at radius 1 is 1.16 bits per heavy atom. The van der Waals surface area contributed by atoms with Crippen molar-refractivity contribution in [3.63, 3.8) is 0 Å². The molecule has 2 fully saturated rings. The van der Waals surface area contributed by atoms with E-state index in [-0.39, 0.29) is 29.3 Å². The number of imidazole rings is 1. The number of nitrogens with one attached hydrogen (secondary N) is 1. The number of aromatic nitrogens is 2. The van der Waals surface area contributed by atoms with Crippen LogP contribution in [-0.4, -0.2) is 47.8 Å². The van der Waals surface area contributed by atoms with Gasteiger partial charge in [-0.3, -0.25) is 0 Å². The molecular weight excluding hydrogens is 445 g/mol. The molecule has 32 heavy (non-hydrogen) atoms. The lowest BCUT2D eigenvalue weighted by atomic mass is 9.78. The van der Waals surface area contributed by atoms with E-state index in [4.69, 9.17) is 0 Å². The van der Waals surface area contributed by atoms with Crippen LogP contribution in [-0.2, 0) is 17.1 Å². The van der Waals surface area contributed by atoms with Crippen molar-refractivity contribution >= 4 is 15.7 Å². The van der Waals surface area contributed by atoms with Gasteiger partial charge in [0, 0.05) is 44.1 Å². The highest BCUT2D eigenvalue weighted by Crippen LogP contribution is 2.38. The quantitative estimate of drug-likeness (QED) is 0.688. The normalized spacial score (nSPS) is 23.4. The fourth-order valence-electron chi connectivity index (χ4n) is 4.83. The topological polar surface area (TPSA) is 76.5 Å². The lowest BCUT2D eigenvalue weighted by molar-refractivity contribution is -0.274. The third kappa shape index (κ3) is 5.20. The Hall–Kier alpha value is -2.27. The molecule has 2 aromatic rings. The third-order valence-electron chi connectivity index (χ3n) is 6.29. The van der Waals surface area contributed by atoms with Gasteiger partial charge in [0.05, 0.1) is 6.33 Å². The van der Waals surface area contributed by atoms with Crippen molar-refractivity contribution in [2.45, 2.75) is 49.5 Å². The lowest BCUT2D eigenvalue weighted by Crippen LogP contribution is -2.34. The molecule has 1 aliphatic carbocycles. The molecule has 0 amide bonds. The van der Waals surface area contributed by atoms with Gasteiger partial charge in [-0.15, -0.1) is 13.2 Å². The number of anilines is 1. The van der Waals surface area contributed by atoms with Gasteiger partial charge in [-0.25, -0.2) is 13.4 Å². The molecule has 2 aliphatic rings. The summed E-state index contributed by atoms with van der Waals surface area (Å²) in [7, 11) is -2.05. The monoisotopic (exact) mass is 472 g/mol. The van der Waals surface area contributed by atoms with E-state index in [9.17, 15) is 21.6 Å². The van der Waals surface area contributed by atoms with Crippen molar-refractivity contribution in [1.29, 1.82) is 0 Å². The Labute approximate surface area is 185 Å². The van der Waals surface area contributed by atoms with E-state index in [0.29, 0.717) is 18.2 Å². The molecule has 4 rings (SSSR count). The summed E-state index contributed by atoms with van der Waals surface area (Å²) in [6.45, 7) is 0.588. The molecule has 2 atom stereocenters. The maximum Gasteiger partial charge on any atom is 0.573 e. The minimum absolute atomic E-state index is 0.00335. The van der Waals surface area contributed by atoms with Crippen LogP contribution >= 0.6 is 0 Å². The number of nitrogens with zero attached hydrogens (tertiary/aromatic N) is 3. The summed E-state index contributed by atoms with van der Waals surface area (Å²) in [6, 6.07) is 5.45. The zero-order valence-corrected chi connectivity index (χ0v) is 18.6. The minimum atomic E-state index is -4.77. The zero-order chi connectivity index (χ0) is 22.9. The molecule has 1 N–H and O–H groups in total. The van der Waals surface area contributed by atoms with Gasteiger partial charge >= 0.3 is 6.36 Å². The third-order valence-corrected chi connectivity index (χ3v) is 8.01. The average Bonchev–Trinajstić information content (AvgIpc) is 3.35. The number of benzene rings is 1. The second kappa shape index (κ2) is 8.93. The van der Waals surface area contributed by atoms with Gasteiger partial charge in [-0.1, -0.05) is 38.2 Å². The maximum atomic E-state index is 13.2. The molecular formula is C21H27F3N4O3S. The molecule has 176 valence electrons. The average molecular weight is 473 g/mol. The largest absolute Gasteiger partial charge is 0.573 e. The van der Waals surface area contributed by atoms with Crippen LogP contribution in [0.1, 0.15) is 32.1 Å². The Morgan fingerprint density at radius 2 is 1.91 bits per heavy atom. The van der Waals surface area contributed by atoms with E-state index < -0.39 is 16.4 Å². The number of hydrogen-bond donors (Lipinski definition) is 1. The molecule has 2 heterocycles. The van der Waals surface area contributed by atoms with Crippen molar-refractivity contribution in [2.24, 2.45) is 18.9 Å². The van der Waals surface area contributed by atoms with Crippen LogP contribution in [0.25, 0.3) is 0 Å². The molecule has 1 saturated heterocycles. The first-order valence-corrected chi connectivity index (χ1v) is 12.2. The number of ether oxygens (including phenoxy) is 1. The molecule has 0 unspecified atom stereocenters. The summed E-state index contributed by atoms with van der Waals surface area (Å²) in [6.07, 6.45) is 3.59. The van der Waals surface area contributed by atoms with E-state index in [0.717, 1.165) is 25.7 Å². The van der Waals surface area contributed by atoms with Crippen molar-refractivity contribution in [2.75, 3.05) is 18.4 Å². The molecule has 1 aromatic carbocycles. The van der Waals surface area contributed by atoms with Crippen molar-refractivity contribution in [3.05, 3.63) is 36.8 Å². The first-order valence-electron chi connectivity index (χ1n) is 10.7. The van der Waals surface area contributed by atoms with Crippen molar-refractivity contribution in [3.8, 4) is 5.75 Å². The standard InChI is InChI=1S/C21H27F3N4O3S/c1-27-13-20(25-14-27)32(29,30)28-11-18(15-6-3-2-4-7-15)19(12-28)26-16-8-5-9-17(10-16)31-21(22,23)24/h5,8-10,13-15,18-19,26H,2-4,6-7,11-12H2,1H3/t18-,19+/m0/s1. The first kappa shape index (κ1) is 22.9. The summed E-state index contributed by atoms with van der Waals surface area (Å²) in [5, 5.41) is 3.30. The van der Waals surface area contributed by atoms with Crippen molar-refractivity contribution < 1.29 is 26.3 Å². The van der Waals surface area contributed by atoms with Gasteiger partial charge < -0.3 is 14.6 Å². The highest BCUT2D eigenvalue weighted by atomic mass is 32.2. The van der Waals surface area contributed by atoms with Gasteiger partial charge in [-0.2, -0.15) is 4.31 Å². The van der Waals surface area contributed by atoms with E-state index in [1.54, 1.807) is 17.7 Å². The van der Waals surface area contributed by atoms with Gasteiger partial charge in [0.15, 0.2) is 5.03 Å². The highest BCUT2D eigenvalue weighted by molar-refractivity contribution is 7.89. The molecule has 1 aliphatic heterocycles. The SMILES string of the molecule is Cn1cnc(S(=O)(=O)N2C[C@@H](Nc3cccc(OC(F)(F)F)c3)[C@H](C3CCCCC3)C2)c1. The first-order chi connectivity index (χ1) is 15.1. The summed E-state index contributed by atoms with van der Waals surface area (Å²) in [4.78, 5) is 4.01. The molecule has 0 bridgehead atoms. The van der Waals surface area contributed by atoms with Crippen molar-refractivity contribution in [1.82, 2.24) is 13.9 Å².